The fourth-order valence-electron chi connectivity index (χ4n) is 2.39. The third-order valence-corrected chi connectivity index (χ3v) is 3.44. The largest absolute Gasteiger partial charge is 0.355 e. The summed E-state index contributed by atoms with van der Waals surface area (Å²) in [5.41, 5.74) is 2.87. The molecule has 1 aromatic heterocycles. The highest BCUT2D eigenvalue weighted by atomic mass is 16.1. The van der Waals surface area contributed by atoms with Crippen molar-refractivity contribution in [1.82, 2.24) is 10.3 Å². The minimum atomic E-state index is -0.00844. The Labute approximate surface area is 118 Å². The number of aromatic nitrogens is 1. The molecule has 0 saturated heterocycles. The zero-order valence-electron chi connectivity index (χ0n) is 11.7. The summed E-state index contributed by atoms with van der Waals surface area (Å²) in [7, 11) is 0. The molecule has 3 heteroatoms. The molecular weight excluding hydrogens is 248 g/mol. The van der Waals surface area contributed by atoms with Gasteiger partial charge in [-0.05, 0) is 30.2 Å². The Morgan fingerprint density at radius 2 is 1.85 bits per heavy atom. The van der Waals surface area contributed by atoms with E-state index in [9.17, 15) is 4.79 Å². The number of fused-ring (bicyclic) bond motifs is 3. The van der Waals surface area contributed by atoms with Crippen LogP contribution in [0.4, 0.5) is 0 Å². The molecule has 0 bridgehead atoms. The Bertz CT molecular complexity index is 771. The number of nitrogens with one attached hydrogen (secondary N) is 2. The summed E-state index contributed by atoms with van der Waals surface area (Å²) in [4.78, 5) is 15.5. The zero-order chi connectivity index (χ0) is 14.1. The van der Waals surface area contributed by atoms with Crippen LogP contribution in [0.1, 0.15) is 24.2 Å². The van der Waals surface area contributed by atoms with Gasteiger partial charge >= 0.3 is 0 Å². The van der Waals surface area contributed by atoms with Gasteiger partial charge in [-0.15, -0.1) is 0 Å². The van der Waals surface area contributed by atoms with Crippen molar-refractivity contribution in [2.75, 3.05) is 6.54 Å². The van der Waals surface area contributed by atoms with Crippen molar-refractivity contribution in [3.63, 3.8) is 0 Å². The Morgan fingerprint density at radius 3 is 2.65 bits per heavy atom. The number of rotatable bonds is 3. The molecule has 0 aliphatic heterocycles. The average molecular weight is 266 g/mol. The lowest BCUT2D eigenvalue weighted by Crippen LogP contribution is -2.27. The molecule has 0 spiro atoms. The number of amides is 1. The molecule has 0 fully saturated rings. The van der Waals surface area contributed by atoms with Gasteiger partial charge in [0.25, 0.3) is 5.91 Å². The summed E-state index contributed by atoms with van der Waals surface area (Å²) < 4.78 is 0. The first kappa shape index (κ1) is 12.7. The van der Waals surface area contributed by atoms with Crippen LogP contribution < -0.4 is 5.32 Å². The van der Waals surface area contributed by atoms with Crippen molar-refractivity contribution >= 4 is 27.7 Å². The van der Waals surface area contributed by atoms with Crippen molar-refractivity contribution in [3.05, 3.63) is 48.0 Å². The highest BCUT2D eigenvalue weighted by molar-refractivity contribution is 6.09. The zero-order valence-corrected chi connectivity index (χ0v) is 11.7. The van der Waals surface area contributed by atoms with Gasteiger partial charge in [0.2, 0.25) is 0 Å². The highest BCUT2D eigenvalue weighted by Gasteiger charge is 2.09. The van der Waals surface area contributed by atoms with Crippen LogP contribution >= 0.6 is 0 Å². The van der Waals surface area contributed by atoms with E-state index in [1.807, 2.05) is 36.4 Å². The number of para-hydroxylation sites is 1. The van der Waals surface area contributed by atoms with Crippen LogP contribution in [-0.2, 0) is 0 Å². The van der Waals surface area contributed by atoms with Gasteiger partial charge < -0.3 is 10.3 Å². The van der Waals surface area contributed by atoms with Crippen LogP contribution in [0.3, 0.4) is 0 Å². The predicted molar refractivity (Wildman–Crippen MR) is 83.0 cm³/mol. The molecule has 3 nitrogen and oxygen atoms in total. The molecule has 102 valence electrons. The SMILES string of the molecule is CC(C)CNC(=O)c1ccc2[nH]c3ccccc3c2c1. The molecule has 0 radical (unpaired) electrons. The van der Waals surface area contributed by atoms with E-state index in [-0.39, 0.29) is 5.91 Å². The smallest absolute Gasteiger partial charge is 0.251 e. The van der Waals surface area contributed by atoms with Crippen LogP contribution in [0.15, 0.2) is 42.5 Å². The highest BCUT2D eigenvalue weighted by Crippen LogP contribution is 2.25. The number of carbonyl (C=O) groups is 1. The van der Waals surface area contributed by atoms with Crippen LogP contribution in [0.25, 0.3) is 21.8 Å². The van der Waals surface area contributed by atoms with Gasteiger partial charge in [-0.2, -0.15) is 0 Å². The van der Waals surface area contributed by atoms with Gasteiger partial charge in [0.05, 0.1) is 0 Å². The van der Waals surface area contributed by atoms with E-state index in [4.69, 9.17) is 0 Å². The van der Waals surface area contributed by atoms with Gasteiger partial charge in [-0.1, -0.05) is 32.0 Å². The molecule has 2 aromatic carbocycles. The topological polar surface area (TPSA) is 44.9 Å². The second-order valence-corrected chi connectivity index (χ2v) is 5.53. The lowest BCUT2D eigenvalue weighted by atomic mass is 10.1. The van der Waals surface area contributed by atoms with Crippen LogP contribution in [0.2, 0.25) is 0 Å². The number of hydrogen-bond donors (Lipinski definition) is 2. The van der Waals surface area contributed by atoms with Crippen molar-refractivity contribution in [3.8, 4) is 0 Å². The van der Waals surface area contributed by atoms with Crippen molar-refractivity contribution in [2.24, 2.45) is 5.92 Å². The summed E-state index contributed by atoms with van der Waals surface area (Å²) in [6.07, 6.45) is 0. The summed E-state index contributed by atoms with van der Waals surface area (Å²) in [5, 5.41) is 5.20. The molecular formula is C17H18N2O. The van der Waals surface area contributed by atoms with Crippen molar-refractivity contribution in [1.29, 1.82) is 0 Å². The van der Waals surface area contributed by atoms with Crippen molar-refractivity contribution in [2.45, 2.75) is 13.8 Å². The Hall–Kier alpha value is -2.29. The third-order valence-electron chi connectivity index (χ3n) is 3.44. The number of H-pyrrole nitrogens is 1. The minimum Gasteiger partial charge on any atom is -0.355 e. The molecule has 1 heterocycles. The van der Waals surface area contributed by atoms with Gasteiger partial charge in [0, 0.05) is 33.9 Å². The Balaban J connectivity index is 2.01. The van der Waals surface area contributed by atoms with E-state index in [0.717, 1.165) is 21.8 Å². The molecule has 0 aliphatic carbocycles. The van der Waals surface area contributed by atoms with Gasteiger partial charge in [0.15, 0.2) is 0 Å². The summed E-state index contributed by atoms with van der Waals surface area (Å²) in [5.74, 6) is 0.446. The van der Waals surface area contributed by atoms with E-state index in [2.05, 4.69) is 30.2 Å². The number of hydrogen-bond acceptors (Lipinski definition) is 1. The monoisotopic (exact) mass is 266 g/mol. The normalized spacial score (nSPS) is 11.3. The fraction of sp³-hybridized carbons (Fsp3) is 0.235. The first-order valence-electron chi connectivity index (χ1n) is 6.94. The molecule has 20 heavy (non-hydrogen) atoms. The third kappa shape index (κ3) is 2.27. The number of benzene rings is 2. The number of carbonyl (C=O) groups excluding carboxylic acids is 1. The van der Waals surface area contributed by atoms with Crippen LogP contribution in [-0.4, -0.2) is 17.4 Å². The van der Waals surface area contributed by atoms with Gasteiger partial charge in [-0.3, -0.25) is 4.79 Å². The quantitative estimate of drug-likeness (QED) is 0.745. The first-order chi connectivity index (χ1) is 9.65. The standard InChI is InChI=1S/C17H18N2O/c1-11(2)10-18-17(20)12-7-8-16-14(9-12)13-5-3-4-6-15(13)19-16/h3-9,11,19H,10H2,1-2H3,(H,18,20). The Kier molecular flexibility index (Phi) is 3.18. The molecule has 0 atom stereocenters. The molecule has 0 saturated carbocycles. The van der Waals surface area contributed by atoms with Crippen LogP contribution in [0, 0.1) is 5.92 Å². The average Bonchev–Trinajstić information content (AvgIpc) is 2.82. The lowest BCUT2D eigenvalue weighted by Gasteiger charge is -2.07. The fourth-order valence-corrected chi connectivity index (χ4v) is 2.39. The summed E-state index contributed by atoms with van der Waals surface area (Å²) in [6, 6.07) is 13.9. The van der Waals surface area contributed by atoms with E-state index >= 15 is 0 Å². The maximum atomic E-state index is 12.1. The molecule has 2 N–H and O–H groups in total. The predicted octanol–water partition coefficient (Wildman–Crippen LogP) is 3.71. The van der Waals surface area contributed by atoms with Gasteiger partial charge in [0.1, 0.15) is 0 Å². The maximum Gasteiger partial charge on any atom is 0.251 e. The molecule has 1 amide bonds. The molecule has 3 aromatic rings. The summed E-state index contributed by atoms with van der Waals surface area (Å²) in [6.45, 7) is 4.87. The first-order valence-corrected chi connectivity index (χ1v) is 6.94. The second kappa shape index (κ2) is 5.00. The Morgan fingerprint density at radius 1 is 1.10 bits per heavy atom. The lowest BCUT2D eigenvalue weighted by molar-refractivity contribution is 0.0949. The van der Waals surface area contributed by atoms with Gasteiger partial charge in [-0.25, -0.2) is 0 Å². The summed E-state index contributed by atoms with van der Waals surface area (Å²) >= 11 is 0. The molecule has 0 aliphatic rings. The van der Waals surface area contributed by atoms with E-state index < -0.39 is 0 Å². The van der Waals surface area contributed by atoms with E-state index in [0.29, 0.717) is 18.0 Å². The van der Waals surface area contributed by atoms with E-state index in [1.165, 1.54) is 0 Å². The number of aromatic amines is 1. The van der Waals surface area contributed by atoms with Crippen molar-refractivity contribution < 1.29 is 4.79 Å². The maximum absolute atomic E-state index is 12.1. The second-order valence-electron chi connectivity index (χ2n) is 5.53. The van der Waals surface area contributed by atoms with E-state index in [1.54, 1.807) is 0 Å². The minimum absolute atomic E-state index is 0.00844. The molecule has 3 rings (SSSR count). The van der Waals surface area contributed by atoms with Crippen LogP contribution in [0.5, 0.6) is 0 Å². The molecule has 0 unspecified atom stereocenters.